The van der Waals surface area contributed by atoms with E-state index in [4.69, 9.17) is 53.2 Å². The minimum absolute atomic E-state index is 0.0635. The number of halogens is 3. The predicted octanol–water partition coefficient (Wildman–Crippen LogP) is 22.1. The minimum Gasteiger partial charge on any atom is -0.508 e. The average molecular weight is 1670 g/mol. The number of rotatable bonds is 25. The van der Waals surface area contributed by atoms with Gasteiger partial charge in [0.05, 0.1) is 51.0 Å². The molecule has 0 aromatic heterocycles. The van der Waals surface area contributed by atoms with Crippen molar-refractivity contribution in [2.45, 2.75) is 348 Å². The second-order valence-electron chi connectivity index (χ2n) is 36.5. The summed E-state index contributed by atoms with van der Waals surface area (Å²) in [7, 11) is 1.56. The molecule has 1 saturated heterocycles. The maximum atomic E-state index is 12.4. The third kappa shape index (κ3) is 35.2. The molecule has 0 spiro atoms. The molecule has 21 nitrogen and oxygen atoms in total. The fraction of sp³-hybridized carbons (Fsp3) is 0.681. The van der Waals surface area contributed by atoms with Crippen molar-refractivity contribution >= 4 is 36.0 Å². The lowest BCUT2D eigenvalue weighted by Crippen LogP contribution is -2.67. The van der Waals surface area contributed by atoms with Crippen molar-refractivity contribution in [1.29, 1.82) is 0 Å². The van der Waals surface area contributed by atoms with Crippen LogP contribution in [0, 0.1) is 38.4 Å². The largest absolute Gasteiger partial charge is 0.508 e. The van der Waals surface area contributed by atoms with Crippen LogP contribution in [0.4, 0.5) is 18.0 Å². The van der Waals surface area contributed by atoms with Gasteiger partial charge in [-0.3, -0.25) is 24.0 Å². The lowest BCUT2D eigenvalue weighted by molar-refractivity contribution is -0.264. The Morgan fingerprint density at radius 2 is 0.881 bits per heavy atom. The number of benzene rings is 4. The van der Waals surface area contributed by atoms with Crippen LogP contribution in [0.25, 0.3) is 0 Å². The zero-order chi connectivity index (χ0) is 90.4. The van der Waals surface area contributed by atoms with Crippen LogP contribution in [0.5, 0.6) is 23.0 Å². The van der Waals surface area contributed by atoms with E-state index in [1.807, 2.05) is 165 Å². The van der Waals surface area contributed by atoms with Gasteiger partial charge in [0.2, 0.25) is 12.6 Å². The molecule has 0 amide bonds. The number of hydrogen-bond acceptors (Lipinski definition) is 21. The Balaban J connectivity index is 0.000000463. The quantitative estimate of drug-likeness (QED) is 0.0234. The molecule has 118 heavy (non-hydrogen) atoms. The summed E-state index contributed by atoms with van der Waals surface area (Å²) in [6.07, 6.45) is 2.39. The van der Waals surface area contributed by atoms with Gasteiger partial charge in [-0.05, 0) is 237 Å². The van der Waals surface area contributed by atoms with E-state index in [0.29, 0.717) is 73.7 Å². The summed E-state index contributed by atoms with van der Waals surface area (Å²) in [5.74, 6) is 2.21. The summed E-state index contributed by atoms with van der Waals surface area (Å²) in [6.45, 7) is 50.0. The molecule has 4 aromatic rings. The minimum atomic E-state index is -4.49. The molecule has 670 valence electrons. The Morgan fingerprint density at radius 1 is 0.500 bits per heavy atom. The van der Waals surface area contributed by atoms with Crippen LogP contribution >= 0.6 is 0 Å². The molecule has 10 unspecified atom stereocenters. The third-order valence-corrected chi connectivity index (χ3v) is 23.1. The molecule has 4 aromatic carbocycles. The monoisotopic (exact) mass is 1670 g/mol. The number of phenolic OH excluding ortho intramolecular Hbond substituents is 3. The molecule has 5 N–H and O–H groups in total. The van der Waals surface area contributed by atoms with Crippen molar-refractivity contribution in [1.82, 2.24) is 0 Å². The number of para-hydroxylation sites is 1. The highest BCUT2D eigenvalue weighted by molar-refractivity contribution is 5.78. The number of aromatic hydroxyl groups is 3. The van der Waals surface area contributed by atoms with Crippen LogP contribution in [0.1, 0.15) is 322 Å². The summed E-state index contributed by atoms with van der Waals surface area (Å²) in [6, 6.07) is 30.1. The maximum Gasteiger partial charge on any atom is 0.508 e. The van der Waals surface area contributed by atoms with Gasteiger partial charge in [0, 0.05) is 43.8 Å². The number of fused-ring (bicyclic) bond motifs is 1. The summed E-state index contributed by atoms with van der Waals surface area (Å²) in [5.41, 5.74) is -0.413. The highest BCUT2D eigenvalue weighted by Crippen LogP contribution is 2.61. The summed E-state index contributed by atoms with van der Waals surface area (Å²) >= 11 is 0. The molecule has 6 aliphatic rings. The summed E-state index contributed by atoms with van der Waals surface area (Å²) in [4.78, 5) is 69.6. The molecular weight excluding hydrogens is 1520 g/mol. The summed E-state index contributed by atoms with van der Waals surface area (Å²) < 4.78 is 88.0. The molecule has 24 heteroatoms. The first kappa shape index (κ1) is 106. The Bertz CT molecular complexity index is 3530. The molecule has 4 aliphatic carbocycles. The maximum absolute atomic E-state index is 12.4. The lowest BCUT2D eigenvalue weighted by Gasteiger charge is -2.62. The summed E-state index contributed by atoms with van der Waals surface area (Å²) in [5, 5.41) is 48.3. The van der Waals surface area contributed by atoms with Crippen molar-refractivity contribution in [2.75, 3.05) is 26.9 Å². The van der Waals surface area contributed by atoms with Crippen LogP contribution in [-0.2, 0) is 66.6 Å². The number of carbonyl (C=O) groups excluding carboxylic acids is 6. The molecule has 2 heterocycles. The van der Waals surface area contributed by atoms with Crippen LogP contribution in [0.15, 0.2) is 97.1 Å². The first-order valence-electron chi connectivity index (χ1n) is 42.1. The SMILES string of the molecule is CCC(C)(C)C(=O)OC(C)C(F)(F)F.CCC(C)(C)C(=O)OC(C)OC1CCOc2ccccc21.CCC(C)(C)C(=O)OC(OC)C(C)(C)C.CCC(C)(C)C(=O)OC12CC3CC(O)(CC(O)(C3)C1)C2.CCC(C)(C)C(=O)OCC1COC(=O)O1.CCC(C)c1ccc(O)cc1.CCC(C)c1ccc(O)cc1.CCC(C)c1ccc(O)cc1. The number of esters is 5. The number of methoxy groups -OCH3 is 1. The van der Waals surface area contributed by atoms with Gasteiger partial charge in [-0.1, -0.05) is 152 Å². The zero-order valence-corrected chi connectivity index (χ0v) is 76.1. The standard InChI is InChI=1S/C17H24O4.C16H26O4.C12H24O3.C10H16O5.3C10H14O.C9H15F3O2/c1-5-17(3,4)16(18)21-12(2)20-15-10-11-19-14-9-7-6-8-13(14)15;1-4-13(2,3)12(17)20-16-7-11-5-14(18,9-16)8-15(19,6-11)10-16;1-8-12(5,6)9(13)15-10(14-7)11(2,3)4;1-4-10(2,3)8(11)13-5-7-6-14-9(12)15-7;3*1-3-8(2)9-4-6-10(11)7-5-9;1-5-8(3,4)7(13)14-6(2)9(10,11)12/h6-9,12,15H,5,10-11H2,1-4H3;11,18-19H,4-10H2,1-3H3;10H,8H2,1-7H3;7H,4-6H2,1-3H3;3*4-8,11H,3H2,1-2H3;6H,5H2,1-4H3. The van der Waals surface area contributed by atoms with E-state index in [0.717, 1.165) is 82.4 Å². The number of cyclic esters (lactones) is 2. The van der Waals surface area contributed by atoms with Gasteiger partial charge in [0.1, 0.15) is 41.8 Å². The topological polar surface area (TPSA) is 296 Å². The van der Waals surface area contributed by atoms with Gasteiger partial charge >= 0.3 is 42.2 Å². The predicted molar refractivity (Wildman–Crippen MR) is 452 cm³/mol. The molecule has 4 saturated carbocycles. The molecular formula is C94H147F3O21. The number of phenols is 3. The van der Waals surface area contributed by atoms with E-state index in [-0.39, 0.29) is 54.5 Å². The molecule has 10 rings (SSSR count). The van der Waals surface area contributed by atoms with Crippen molar-refractivity contribution in [3.05, 3.63) is 119 Å². The highest BCUT2D eigenvalue weighted by Gasteiger charge is 2.65. The molecule has 4 bridgehead atoms. The number of carbonyl (C=O) groups is 6. The second kappa shape index (κ2) is 46.9. The Labute approximate surface area is 703 Å². The van der Waals surface area contributed by atoms with Gasteiger partial charge in [-0.15, -0.1) is 0 Å². The van der Waals surface area contributed by atoms with Crippen molar-refractivity contribution in [3.63, 3.8) is 0 Å². The van der Waals surface area contributed by atoms with Gasteiger partial charge in [0.15, 0.2) is 12.2 Å². The fourth-order valence-corrected chi connectivity index (χ4v) is 12.6. The van der Waals surface area contributed by atoms with Crippen molar-refractivity contribution in [2.24, 2.45) is 38.4 Å². The van der Waals surface area contributed by atoms with Crippen molar-refractivity contribution in [3.8, 4) is 23.0 Å². The highest BCUT2D eigenvalue weighted by atomic mass is 19.4. The van der Waals surface area contributed by atoms with Gasteiger partial charge in [-0.25, -0.2) is 4.79 Å². The Morgan fingerprint density at radius 3 is 1.24 bits per heavy atom. The van der Waals surface area contributed by atoms with Gasteiger partial charge in [-0.2, -0.15) is 13.2 Å². The van der Waals surface area contributed by atoms with E-state index in [2.05, 4.69) is 51.0 Å². The van der Waals surface area contributed by atoms with E-state index in [9.17, 15) is 52.2 Å². The number of alkyl halides is 3. The number of aliphatic hydroxyl groups is 2. The van der Waals surface area contributed by atoms with Crippen LogP contribution in [-0.4, -0.2) is 136 Å². The molecule has 2 aliphatic heterocycles. The van der Waals surface area contributed by atoms with Crippen LogP contribution < -0.4 is 4.74 Å². The lowest BCUT2D eigenvalue weighted by atomic mass is 9.50. The van der Waals surface area contributed by atoms with Gasteiger partial charge < -0.3 is 72.9 Å². The van der Waals surface area contributed by atoms with Crippen LogP contribution in [0.2, 0.25) is 0 Å². The Hall–Kier alpha value is -7.67. The van der Waals surface area contributed by atoms with Crippen LogP contribution in [0.3, 0.4) is 0 Å². The first-order chi connectivity index (χ1) is 54.5. The van der Waals surface area contributed by atoms with E-state index in [1.54, 1.807) is 71.2 Å². The zero-order valence-electron chi connectivity index (χ0n) is 76.1. The van der Waals surface area contributed by atoms with E-state index < -0.39 is 87.0 Å². The molecule has 10 atom stereocenters. The van der Waals surface area contributed by atoms with E-state index >= 15 is 0 Å². The molecule has 5 fully saturated rings. The van der Waals surface area contributed by atoms with E-state index in [1.165, 1.54) is 16.7 Å². The smallest absolute Gasteiger partial charge is 0.508 e. The normalized spacial score (nSPS) is 21.3. The number of hydrogen-bond donors (Lipinski definition) is 5. The van der Waals surface area contributed by atoms with Gasteiger partial charge in [0.25, 0.3) is 0 Å². The first-order valence-corrected chi connectivity index (χ1v) is 42.1. The Kier molecular flexibility index (Phi) is 42.3. The fourth-order valence-electron chi connectivity index (χ4n) is 12.6. The second-order valence-corrected chi connectivity index (χ2v) is 36.5. The third-order valence-electron chi connectivity index (χ3n) is 23.1. The molecule has 0 radical (unpaired) electrons. The van der Waals surface area contributed by atoms with Crippen molar-refractivity contribution < 1.29 is 115 Å². The average Bonchev–Trinajstić information content (AvgIpc) is 0.732. The number of ether oxygens (including phenoxy) is 10.